The Hall–Kier alpha value is -3.49. The van der Waals surface area contributed by atoms with Gasteiger partial charge in [0.05, 0.1) is 4.75 Å². The molecule has 2 amide bonds. The summed E-state index contributed by atoms with van der Waals surface area (Å²) in [4.78, 5) is 41.3. The minimum absolute atomic E-state index is 0.0157. The number of β-lactam (4-membered cyclic amide) rings is 1. The highest BCUT2D eigenvalue weighted by molar-refractivity contribution is 8.01. The van der Waals surface area contributed by atoms with E-state index in [9.17, 15) is 19.5 Å². The molecule has 3 aromatic rings. The quantitative estimate of drug-likeness (QED) is 0.307. The Morgan fingerprint density at radius 1 is 1.00 bits per heavy atom. The number of fused-ring (bicyclic) bond motifs is 1. The first-order valence-electron chi connectivity index (χ1n) is 12.2. The van der Waals surface area contributed by atoms with Gasteiger partial charge in [-0.3, -0.25) is 9.59 Å². The van der Waals surface area contributed by atoms with Gasteiger partial charge in [-0.15, -0.1) is 23.4 Å². The van der Waals surface area contributed by atoms with Gasteiger partial charge in [0, 0.05) is 11.8 Å². The minimum atomic E-state index is -1.70. The number of carboxylic acids is 1. The maximum Gasteiger partial charge on any atom is 0.332 e. The van der Waals surface area contributed by atoms with Gasteiger partial charge in [0.25, 0.3) is 5.91 Å². The smallest absolute Gasteiger partial charge is 0.332 e. The molecule has 9 heteroatoms. The molecule has 2 heterocycles. The Labute approximate surface area is 230 Å². The Kier molecular flexibility index (Phi) is 7.11. The van der Waals surface area contributed by atoms with E-state index in [0.717, 1.165) is 11.1 Å². The van der Waals surface area contributed by atoms with Crippen LogP contribution in [0.4, 0.5) is 0 Å². The van der Waals surface area contributed by atoms with Crippen LogP contribution in [0.1, 0.15) is 24.0 Å². The molecule has 0 aromatic heterocycles. The molecule has 2 aliphatic rings. The maximum atomic E-state index is 13.7. The van der Waals surface area contributed by atoms with E-state index in [0.29, 0.717) is 5.75 Å². The molecule has 2 N–H and O–H groups in total. The van der Waals surface area contributed by atoms with Crippen molar-refractivity contribution in [2.45, 2.75) is 34.5 Å². The number of thioether (sulfide) groups is 1. The van der Waals surface area contributed by atoms with Gasteiger partial charge < -0.3 is 20.1 Å². The van der Waals surface area contributed by atoms with Gasteiger partial charge in [0.2, 0.25) is 5.91 Å². The van der Waals surface area contributed by atoms with Crippen LogP contribution in [-0.4, -0.2) is 62.0 Å². The van der Waals surface area contributed by atoms with E-state index in [1.807, 2.05) is 66.7 Å². The molecule has 2 fully saturated rings. The van der Waals surface area contributed by atoms with Crippen molar-refractivity contribution in [1.29, 1.82) is 0 Å². The summed E-state index contributed by atoms with van der Waals surface area (Å²) in [7, 11) is 0. The third-order valence-electron chi connectivity index (χ3n) is 7.30. The highest BCUT2D eigenvalue weighted by Gasteiger charge is 2.76. The normalized spacial score (nSPS) is 26.0. The summed E-state index contributed by atoms with van der Waals surface area (Å²) in [5, 5.41) is 13.1. The predicted octanol–water partition coefficient (Wildman–Crippen LogP) is 4.12. The second-order valence-electron chi connectivity index (χ2n) is 9.55. The summed E-state index contributed by atoms with van der Waals surface area (Å²) in [6.45, 7) is 1.53. The average Bonchev–Trinajstić information content (AvgIpc) is 3.19. The van der Waals surface area contributed by atoms with Crippen LogP contribution in [0, 0.1) is 0 Å². The van der Waals surface area contributed by atoms with Crippen molar-refractivity contribution < 1.29 is 24.2 Å². The summed E-state index contributed by atoms with van der Waals surface area (Å²) in [6.07, 6.45) is 0. The first kappa shape index (κ1) is 26.1. The number of nitrogens with zero attached hydrogens (tertiary/aromatic N) is 1. The number of hydrogen-bond acceptors (Lipinski definition) is 5. The van der Waals surface area contributed by atoms with Crippen LogP contribution in [0.5, 0.6) is 5.75 Å². The van der Waals surface area contributed by atoms with Gasteiger partial charge in [0.1, 0.15) is 17.2 Å². The Morgan fingerprint density at radius 2 is 1.53 bits per heavy atom. The highest BCUT2D eigenvalue weighted by atomic mass is 35.5. The molecule has 2 aliphatic heterocycles. The second kappa shape index (κ2) is 10.3. The number of aliphatic carboxylic acids is 1. The van der Waals surface area contributed by atoms with Crippen molar-refractivity contribution in [3.8, 4) is 5.75 Å². The number of para-hydroxylation sites is 1. The number of alkyl halides is 1. The van der Waals surface area contributed by atoms with Crippen LogP contribution >= 0.6 is 23.4 Å². The molecular weight excluding hydrogens is 524 g/mol. The lowest BCUT2D eigenvalue weighted by molar-refractivity contribution is -0.173. The molecule has 5 rings (SSSR count). The van der Waals surface area contributed by atoms with Crippen LogP contribution in [0.15, 0.2) is 91.0 Å². The SMILES string of the molecule is CC1(CCl)S[C@@H]2C(NC(=O)COc3ccccc3)C(=O)N2C1(C(=O)O)C(c1ccccc1)c1ccccc1. The lowest BCUT2D eigenvalue weighted by Gasteiger charge is -2.53. The van der Waals surface area contributed by atoms with Crippen molar-refractivity contribution in [3.63, 3.8) is 0 Å². The van der Waals surface area contributed by atoms with E-state index >= 15 is 0 Å². The summed E-state index contributed by atoms with van der Waals surface area (Å²) in [5.74, 6) is -2.24. The zero-order valence-corrected chi connectivity index (χ0v) is 22.2. The Balaban J connectivity index is 1.50. The molecule has 38 heavy (non-hydrogen) atoms. The van der Waals surface area contributed by atoms with Gasteiger partial charge in [0.15, 0.2) is 12.1 Å². The highest BCUT2D eigenvalue weighted by Crippen LogP contribution is 2.63. The molecule has 196 valence electrons. The van der Waals surface area contributed by atoms with Crippen LogP contribution in [0.25, 0.3) is 0 Å². The van der Waals surface area contributed by atoms with E-state index in [4.69, 9.17) is 16.3 Å². The van der Waals surface area contributed by atoms with E-state index in [-0.39, 0.29) is 12.5 Å². The standard InChI is InChI=1S/C29H27ClN2O5S/c1-28(18-30)29(27(35)36,23(19-11-5-2-6-12-19)20-13-7-3-8-14-20)32-25(34)24(26(32)38-28)31-22(33)17-37-21-15-9-4-10-16-21/h2-16,23-24,26H,17-18H2,1H3,(H,31,33)(H,35,36)/t24?,26-,28?,29?/m1/s1. The molecule has 2 saturated heterocycles. The zero-order valence-electron chi connectivity index (χ0n) is 20.6. The molecule has 0 saturated carbocycles. The third kappa shape index (κ3) is 4.12. The van der Waals surface area contributed by atoms with Gasteiger partial charge in [-0.25, -0.2) is 4.79 Å². The topological polar surface area (TPSA) is 95.9 Å². The molecule has 0 aliphatic carbocycles. The van der Waals surface area contributed by atoms with Gasteiger partial charge in [-0.05, 0) is 30.2 Å². The van der Waals surface area contributed by atoms with Crippen LogP contribution < -0.4 is 10.1 Å². The predicted molar refractivity (Wildman–Crippen MR) is 146 cm³/mol. The second-order valence-corrected chi connectivity index (χ2v) is 11.4. The number of nitrogens with one attached hydrogen (secondary N) is 1. The molecule has 3 aromatic carbocycles. The van der Waals surface area contributed by atoms with Crippen molar-refractivity contribution in [3.05, 3.63) is 102 Å². The molecular formula is C29H27ClN2O5S. The zero-order chi connectivity index (χ0) is 26.9. The summed E-state index contributed by atoms with van der Waals surface area (Å²) in [5.41, 5.74) is -0.184. The van der Waals surface area contributed by atoms with Crippen LogP contribution in [-0.2, 0) is 14.4 Å². The van der Waals surface area contributed by atoms with Gasteiger partial charge in [-0.2, -0.15) is 0 Å². The van der Waals surface area contributed by atoms with Crippen molar-refractivity contribution in [2.24, 2.45) is 0 Å². The third-order valence-corrected chi connectivity index (χ3v) is 9.70. The van der Waals surface area contributed by atoms with Crippen molar-refractivity contribution in [1.82, 2.24) is 10.2 Å². The molecule has 0 bridgehead atoms. The lowest BCUT2D eigenvalue weighted by atomic mass is 9.66. The maximum absolute atomic E-state index is 13.7. The van der Waals surface area contributed by atoms with Crippen LogP contribution in [0.3, 0.4) is 0 Å². The number of hydrogen-bond donors (Lipinski definition) is 2. The number of amides is 2. The number of halogens is 1. The fourth-order valence-corrected chi connectivity index (χ4v) is 7.75. The molecule has 0 spiro atoms. The van der Waals surface area contributed by atoms with Crippen LogP contribution in [0.2, 0.25) is 0 Å². The Bertz CT molecular complexity index is 1290. The molecule has 0 radical (unpaired) electrons. The average molecular weight is 551 g/mol. The van der Waals surface area contributed by atoms with Crippen molar-refractivity contribution >= 4 is 41.1 Å². The number of carbonyl (C=O) groups is 3. The lowest BCUT2D eigenvalue weighted by Crippen LogP contribution is -2.77. The summed E-state index contributed by atoms with van der Waals surface area (Å²) >= 11 is 7.86. The summed E-state index contributed by atoms with van der Waals surface area (Å²) < 4.78 is 4.45. The fraction of sp³-hybridized carbons (Fsp3) is 0.276. The Morgan fingerprint density at radius 3 is 2.03 bits per heavy atom. The largest absolute Gasteiger partial charge is 0.484 e. The van der Waals surface area contributed by atoms with E-state index < -0.39 is 45.4 Å². The molecule has 3 unspecified atom stereocenters. The van der Waals surface area contributed by atoms with Gasteiger partial charge >= 0.3 is 5.97 Å². The van der Waals surface area contributed by atoms with E-state index in [1.165, 1.54) is 16.7 Å². The van der Waals surface area contributed by atoms with Crippen molar-refractivity contribution in [2.75, 3.05) is 12.5 Å². The number of carbonyl (C=O) groups excluding carboxylic acids is 2. The first-order chi connectivity index (χ1) is 18.3. The molecule has 7 nitrogen and oxygen atoms in total. The minimum Gasteiger partial charge on any atom is -0.484 e. The van der Waals surface area contributed by atoms with E-state index in [1.54, 1.807) is 31.2 Å². The number of benzene rings is 3. The fourth-order valence-electron chi connectivity index (χ4n) is 5.58. The first-order valence-corrected chi connectivity index (χ1v) is 13.6. The number of carboxylic acid groups (broad SMARTS) is 1. The van der Waals surface area contributed by atoms with E-state index in [2.05, 4.69) is 5.32 Å². The summed E-state index contributed by atoms with van der Waals surface area (Å²) in [6, 6.07) is 26.7. The van der Waals surface area contributed by atoms with Gasteiger partial charge in [-0.1, -0.05) is 78.9 Å². The monoisotopic (exact) mass is 550 g/mol. The number of ether oxygens (including phenoxy) is 1. The number of rotatable bonds is 9. The molecule has 4 atom stereocenters.